The highest BCUT2D eigenvalue weighted by Gasteiger charge is 1.96. The Kier molecular flexibility index (Phi) is 2.96. The van der Waals surface area contributed by atoms with Gasteiger partial charge in [-0.05, 0) is 12.1 Å². The average molecular weight is 241 g/mol. The third kappa shape index (κ3) is 2.11. The fourth-order valence-electron chi connectivity index (χ4n) is 0.585. The Morgan fingerprint density at radius 2 is 2.20 bits per heavy atom. The largest absolute Gasteiger partial charge is 0.240 e. The summed E-state index contributed by atoms with van der Waals surface area (Å²) in [6.45, 7) is 0. The van der Waals surface area contributed by atoms with Crippen molar-refractivity contribution in [3.63, 3.8) is 0 Å². The predicted molar refractivity (Wildman–Crippen MR) is 46.5 cm³/mol. The molecule has 10 heavy (non-hydrogen) atoms. The maximum atomic E-state index is 5.63. The molecular weight excluding hydrogens is 237 g/mol. The lowest BCUT2D eigenvalue weighted by molar-refractivity contribution is 1.16. The third-order valence-corrected chi connectivity index (χ3v) is 1.87. The molecule has 0 unspecified atom stereocenters. The molecule has 0 aromatic carbocycles. The van der Waals surface area contributed by atoms with Crippen molar-refractivity contribution in [3.8, 4) is 0 Å². The molecule has 0 bridgehead atoms. The van der Waals surface area contributed by atoms with E-state index in [4.69, 9.17) is 23.2 Å². The number of hydrogen-bond donors (Lipinski definition) is 0. The van der Waals surface area contributed by atoms with E-state index in [1.54, 1.807) is 6.07 Å². The van der Waals surface area contributed by atoms with Crippen molar-refractivity contribution in [1.29, 1.82) is 0 Å². The molecule has 0 fully saturated rings. The first kappa shape index (κ1) is 8.31. The minimum Gasteiger partial charge on any atom is -0.240 e. The van der Waals surface area contributed by atoms with Crippen LogP contribution in [0.4, 0.5) is 0 Å². The standard InChI is InChI=1S/C6H4BrCl2N/c7-4-1-5(3-8)10-6(9)2-4/h1-2H,3H2. The molecule has 0 saturated carbocycles. The number of rotatable bonds is 1. The number of hydrogen-bond acceptors (Lipinski definition) is 1. The van der Waals surface area contributed by atoms with Gasteiger partial charge in [-0.2, -0.15) is 0 Å². The van der Waals surface area contributed by atoms with Crippen LogP contribution in [0.1, 0.15) is 5.69 Å². The summed E-state index contributed by atoms with van der Waals surface area (Å²) in [4.78, 5) is 3.96. The first-order valence-corrected chi connectivity index (χ1v) is 4.31. The quantitative estimate of drug-likeness (QED) is 0.543. The maximum absolute atomic E-state index is 5.63. The van der Waals surface area contributed by atoms with Crippen molar-refractivity contribution in [3.05, 3.63) is 27.5 Å². The smallest absolute Gasteiger partial charge is 0.130 e. The molecule has 1 rings (SSSR count). The van der Waals surface area contributed by atoms with Crippen LogP contribution in [0.25, 0.3) is 0 Å². The molecule has 0 N–H and O–H groups in total. The van der Waals surface area contributed by atoms with E-state index in [0.29, 0.717) is 11.0 Å². The van der Waals surface area contributed by atoms with Crippen molar-refractivity contribution in [2.45, 2.75) is 5.88 Å². The Bertz CT molecular complexity index is 219. The zero-order chi connectivity index (χ0) is 7.56. The van der Waals surface area contributed by atoms with Gasteiger partial charge in [-0.3, -0.25) is 0 Å². The minimum atomic E-state index is 0.388. The van der Waals surface area contributed by atoms with Gasteiger partial charge in [0.1, 0.15) is 5.15 Å². The van der Waals surface area contributed by atoms with Crippen molar-refractivity contribution in [2.75, 3.05) is 0 Å². The van der Waals surface area contributed by atoms with Gasteiger partial charge in [0, 0.05) is 4.47 Å². The molecule has 0 spiro atoms. The molecule has 1 heterocycles. The van der Waals surface area contributed by atoms with E-state index < -0.39 is 0 Å². The summed E-state index contributed by atoms with van der Waals surface area (Å²) in [7, 11) is 0. The van der Waals surface area contributed by atoms with E-state index in [0.717, 1.165) is 10.2 Å². The zero-order valence-electron chi connectivity index (χ0n) is 4.94. The Hall–Kier alpha value is 0.210. The molecular formula is C6H4BrCl2N. The van der Waals surface area contributed by atoms with E-state index in [9.17, 15) is 0 Å². The molecule has 0 atom stereocenters. The van der Waals surface area contributed by atoms with Crippen molar-refractivity contribution in [1.82, 2.24) is 4.98 Å². The van der Waals surface area contributed by atoms with Gasteiger partial charge in [0.05, 0.1) is 11.6 Å². The predicted octanol–water partition coefficient (Wildman–Crippen LogP) is 3.24. The number of nitrogens with zero attached hydrogens (tertiary/aromatic N) is 1. The monoisotopic (exact) mass is 239 g/mol. The second-order valence-corrected chi connectivity index (χ2v) is 3.30. The van der Waals surface area contributed by atoms with Gasteiger partial charge in [-0.25, -0.2) is 4.98 Å². The summed E-state index contributed by atoms with van der Waals surface area (Å²) in [5.41, 5.74) is 0.779. The summed E-state index contributed by atoms with van der Waals surface area (Å²) < 4.78 is 0.906. The van der Waals surface area contributed by atoms with Gasteiger partial charge < -0.3 is 0 Å². The number of halogens is 3. The van der Waals surface area contributed by atoms with Crippen LogP contribution >= 0.6 is 39.1 Å². The highest BCUT2D eigenvalue weighted by Crippen LogP contribution is 2.16. The normalized spacial score (nSPS) is 9.90. The zero-order valence-corrected chi connectivity index (χ0v) is 8.04. The number of pyridine rings is 1. The van der Waals surface area contributed by atoms with Crippen molar-refractivity contribution >= 4 is 39.1 Å². The highest BCUT2D eigenvalue weighted by molar-refractivity contribution is 9.10. The second-order valence-electron chi connectivity index (χ2n) is 1.73. The van der Waals surface area contributed by atoms with E-state index in [1.807, 2.05) is 6.07 Å². The molecule has 0 saturated heterocycles. The molecule has 4 heteroatoms. The summed E-state index contributed by atoms with van der Waals surface area (Å²) >= 11 is 14.4. The van der Waals surface area contributed by atoms with Gasteiger partial charge in [0.2, 0.25) is 0 Å². The Morgan fingerprint density at radius 1 is 1.50 bits per heavy atom. The summed E-state index contributed by atoms with van der Waals surface area (Å²) in [5.74, 6) is 0.388. The molecule has 0 aliphatic rings. The summed E-state index contributed by atoms with van der Waals surface area (Å²) in [6, 6.07) is 3.55. The van der Waals surface area contributed by atoms with Gasteiger partial charge >= 0.3 is 0 Å². The van der Waals surface area contributed by atoms with Crippen LogP contribution < -0.4 is 0 Å². The molecule has 54 valence electrons. The van der Waals surface area contributed by atoms with Gasteiger partial charge in [-0.1, -0.05) is 27.5 Å². The number of aromatic nitrogens is 1. The van der Waals surface area contributed by atoms with Crippen molar-refractivity contribution in [2.24, 2.45) is 0 Å². The molecule has 1 aromatic heterocycles. The van der Waals surface area contributed by atoms with E-state index in [1.165, 1.54) is 0 Å². The fraction of sp³-hybridized carbons (Fsp3) is 0.167. The fourth-order valence-corrected chi connectivity index (χ4v) is 1.56. The highest BCUT2D eigenvalue weighted by atomic mass is 79.9. The molecule has 0 aliphatic carbocycles. The van der Waals surface area contributed by atoms with Gasteiger partial charge in [0.25, 0.3) is 0 Å². The van der Waals surface area contributed by atoms with Gasteiger partial charge in [0.15, 0.2) is 0 Å². The second kappa shape index (κ2) is 3.56. The van der Waals surface area contributed by atoms with Gasteiger partial charge in [-0.15, -0.1) is 11.6 Å². The average Bonchev–Trinajstić information content (AvgIpc) is 1.85. The first-order valence-electron chi connectivity index (χ1n) is 2.60. The lowest BCUT2D eigenvalue weighted by atomic mass is 10.4. The molecule has 1 aromatic rings. The van der Waals surface area contributed by atoms with Crippen LogP contribution in [0.5, 0.6) is 0 Å². The first-order chi connectivity index (χ1) is 4.72. The SMILES string of the molecule is ClCc1cc(Br)cc(Cl)n1. The number of alkyl halides is 1. The molecule has 0 radical (unpaired) electrons. The maximum Gasteiger partial charge on any atom is 0.130 e. The Morgan fingerprint density at radius 3 is 2.70 bits per heavy atom. The summed E-state index contributed by atoms with van der Waals surface area (Å²) in [5, 5.41) is 0.463. The van der Waals surface area contributed by atoms with Crippen LogP contribution in [0.15, 0.2) is 16.6 Å². The molecule has 0 amide bonds. The topological polar surface area (TPSA) is 12.9 Å². The third-order valence-electron chi connectivity index (χ3n) is 0.949. The minimum absolute atomic E-state index is 0.388. The molecule has 0 aliphatic heterocycles. The van der Waals surface area contributed by atoms with E-state index in [2.05, 4.69) is 20.9 Å². The van der Waals surface area contributed by atoms with Crippen molar-refractivity contribution < 1.29 is 0 Å². The summed E-state index contributed by atoms with van der Waals surface area (Å²) in [6.07, 6.45) is 0. The van der Waals surface area contributed by atoms with Crippen LogP contribution in [0.2, 0.25) is 5.15 Å². The van der Waals surface area contributed by atoms with Crippen LogP contribution in [0, 0.1) is 0 Å². The lowest BCUT2D eigenvalue weighted by Gasteiger charge is -1.95. The molecule has 1 nitrogen and oxygen atoms in total. The van der Waals surface area contributed by atoms with Crippen LogP contribution in [0.3, 0.4) is 0 Å². The van der Waals surface area contributed by atoms with E-state index in [-0.39, 0.29) is 0 Å². The van der Waals surface area contributed by atoms with Crippen LogP contribution in [-0.2, 0) is 5.88 Å². The Balaban J connectivity index is 3.06. The van der Waals surface area contributed by atoms with Crippen LogP contribution in [-0.4, -0.2) is 4.98 Å². The Labute approximate surface area is 77.5 Å². The lowest BCUT2D eigenvalue weighted by Crippen LogP contribution is -1.84. The van der Waals surface area contributed by atoms with E-state index >= 15 is 0 Å².